The lowest BCUT2D eigenvalue weighted by atomic mass is 10.2. The maximum atomic E-state index is 11.6. The summed E-state index contributed by atoms with van der Waals surface area (Å²) in [5.74, 6) is -0.105. The second-order valence-electron chi connectivity index (χ2n) is 2.86. The van der Waals surface area contributed by atoms with E-state index < -0.39 is 0 Å². The first-order chi connectivity index (χ1) is 6.77. The zero-order valence-corrected chi connectivity index (χ0v) is 9.49. The van der Waals surface area contributed by atoms with Gasteiger partial charge in [-0.3, -0.25) is 4.79 Å². The molecule has 5 heteroatoms. The molecule has 4 nitrogen and oxygen atoms in total. The summed E-state index contributed by atoms with van der Waals surface area (Å²) in [7, 11) is 0. The molecule has 1 heterocycles. The molecule has 0 saturated carbocycles. The molecule has 1 amide bonds. The molecule has 1 rings (SSSR count). The molecule has 1 atom stereocenters. The largest absolute Gasteiger partial charge is 0.348 e. The molecule has 1 unspecified atom stereocenters. The summed E-state index contributed by atoms with van der Waals surface area (Å²) in [5, 5.41) is 10.9. The SMILES string of the molecule is CCC(CBr)NC(=O)c1ccnnc1. The van der Waals surface area contributed by atoms with Crippen molar-refractivity contribution in [3.05, 3.63) is 24.0 Å². The number of nitrogens with zero attached hydrogens (tertiary/aromatic N) is 2. The molecule has 1 aromatic heterocycles. The van der Waals surface area contributed by atoms with Gasteiger partial charge in [0.05, 0.1) is 18.0 Å². The average Bonchev–Trinajstić information content (AvgIpc) is 2.26. The van der Waals surface area contributed by atoms with Crippen LogP contribution in [0.25, 0.3) is 0 Å². The molecule has 14 heavy (non-hydrogen) atoms. The minimum Gasteiger partial charge on any atom is -0.348 e. The second-order valence-corrected chi connectivity index (χ2v) is 3.51. The monoisotopic (exact) mass is 257 g/mol. The van der Waals surface area contributed by atoms with Crippen LogP contribution in [0.3, 0.4) is 0 Å². The van der Waals surface area contributed by atoms with E-state index in [0.29, 0.717) is 5.56 Å². The van der Waals surface area contributed by atoms with Crippen LogP contribution < -0.4 is 5.32 Å². The highest BCUT2D eigenvalue weighted by molar-refractivity contribution is 9.09. The molecule has 0 fully saturated rings. The quantitative estimate of drug-likeness (QED) is 0.830. The Balaban J connectivity index is 2.59. The molecule has 0 radical (unpaired) electrons. The normalized spacial score (nSPS) is 12.1. The van der Waals surface area contributed by atoms with Gasteiger partial charge in [-0.15, -0.1) is 0 Å². The number of nitrogens with one attached hydrogen (secondary N) is 1. The third kappa shape index (κ3) is 3.06. The number of hydrogen-bond acceptors (Lipinski definition) is 3. The van der Waals surface area contributed by atoms with Crippen LogP contribution in [-0.2, 0) is 0 Å². The third-order valence-corrected chi connectivity index (χ3v) is 2.64. The smallest absolute Gasteiger partial charge is 0.253 e. The van der Waals surface area contributed by atoms with Gasteiger partial charge in [-0.2, -0.15) is 10.2 Å². The van der Waals surface area contributed by atoms with Gasteiger partial charge in [0.2, 0.25) is 0 Å². The van der Waals surface area contributed by atoms with E-state index in [0.717, 1.165) is 11.8 Å². The molecule has 0 aliphatic rings. The van der Waals surface area contributed by atoms with E-state index >= 15 is 0 Å². The van der Waals surface area contributed by atoms with Crippen LogP contribution in [0.2, 0.25) is 0 Å². The van der Waals surface area contributed by atoms with Crippen molar-refractivity contribution >= 4 is 21.8 Å². The first-order valence-corrected chi connectivity index (χ1v) is 5.53. The molecule has 0 aliphatic carbocycles. The summed E-state index contributed by atoms with van der Waals surface area (Å²) in [6.07, 6.45) is 3.86. The Morgan fingerprint density at radius 3 is 2.93 bits per heavy atom. The molecule has 0 aromatic carbocycles. The Morgan fingerprint density at radius 2 is 2.43 bits per heavy atom. The Hall–Kier alpha value is -0.970. The summed E-state index contributed by atoms with van der Waals surface area (Å²) in [4.78, 5) is 11.6. The lowest BCUT2D eigenvalue weighted by Crippen LogP contribution is -2.35. The summed E-state index contributed by atoms with van der Waals surface area (Å²) in [6, 6.07) is 1.80. The van der Waals surface area contributed by atoms with Crippen LogP contribution in [0.4, 0.5) is 0 Å². The van der Waals surface area contributed by atoms with Gasteiger partial charge >= 0.3 is 0 Å². The molecule has 0 saturated heterocycles. The average molecular weight is 258 g/mol. The Morgan fingerprint density at radius 1 is 1.64 bits per heavy atom. The van der Waals surface area contributed by atoms with Gasteiger partial charge in [0, 0.05) is 11.4 Å². The number of carbonyl (C=O) groups is 1. The molecular formula is C9H12BrN3O. The fourth-order valence-corrected chi connectivity index (χ4v) is 1.56. The standard InChI is InChI=1S/C9H12BrN3O/c1-2-8(5-10)13-9(14)7-3-4-11-12-6-7/h3-4,6,8H,2,5H2,1H3,(H,13,14). The zero-order chi connectivity index (χ0) is 10.4. The highest BCUT2D eigenvalue weighted by Crippen LogP contribution is 1.99. The van der Waals surface area contributed by atoms with Crippen molar-refractivity contribution in [2.24, 2.45) is 0 Å². The highest BCUT2D eigenvalue weighted by atomic mass is 79.9. The van der Waals surface area contributed by atoms with Gasteiger partial charge in [0.25, 0.3) is 5.91 Å². The summed E-state index contributed by atoms with van der Waals surface area (Å²) in [6.45, 7) is 2.02. The minimum atomic E-state index is -0.105. The maximum Gasteiger partial charge on any atom is 0.253 e. The second kappa shape index (κ2) is 5.70. The Labute approximate surface area is 91.2 Å². The van der Waals surface area contributed by atoms with Gasteiger partial charge < -0.3 is 5.32 Å². The summed E-state index contributed by atoms with van der Waals surface area (Å²) in [5.41, 5.74) is 0.541. The van der Waals surface area contributed by atoms with Crippen LogP contribution in [0.1, 0.15) is 23.7 Å². The van der Waals surface area contributed by atoms with E-state index in [4.69, 9.17) is 0 Å². The number of hydrogen-bond donors (Lipinski definition) is 1. The molecule has 0 aliphatic heterocycles. The maximum absolute atomic E-state index is 11.6. The first kappa shape index (κ1) is 11.1. The lowest BCUT2D eigenvalue weighted by Gasteiger charge is -2.13. The van der Waals surface area contributed by atoms with E-state index in [1.165, 1.54) is 12.4 Å². The van der Waals surface area contributed by atoms with Crippen LogP contribution in [0.15, 0.2) is 18.5 Å². The number of halogens is 1. The first-order valence-electron chi connectivity index (χ1n) is 4.41. The van der Waals surface area contributed by atoms with Gasteiger partial charge in [0.1, 0.15) is 0 Å². The fourth-order valence-electron chi connectivity index (χ4n) is 0.943. The minimum absolute atomic E-state index is 0.105. The highest BCUT2D eigenvalue weighted by Gasteiger charge is 2.10. The van der Waals surface area contributed by atoms with Crippen LogP contribution in [0, 0.1) is 0 Å². The van der Waals surface area contributed by atoms with Crippen molar-refractivity contribution < 1.29 is 4.79 Å². The number of alkyl halides is 1. The molecule has 0 spiro atoms. The number of rotatable bonds is 4. The van der Waals surface area contributed by atoms with E-state index in [2.05, 4.69) is 31.4 Å². The Bertz CT molecular complexity index is 287. The predicted octanol–water partition coefficient (Wildman–Crippen LogP) is 1.38. The topological polar surface area (TPSA) is 54.9 Å². The van der Waals surface area contributed by atoms with Gasteiger partial charge in [-0.1, -0.05) is 22.9 Å². The van der Waals surface area contributed by atoms with Gasteiger partial charge in [0.15, 0.2) is 0 Å². The van der Waals surface area contributed by atoms with Gasteiger partial charge in [-0.25, -0.2) is 0 Å². The van der Waals surface area contributed by atoms with E-state index in [1.807, 2.05) is 6.92 Å². The Kier molecular flexibility index (Phi) is 4.52. The van der Waals surface area contributed by atoms with Crippen LogP contribution in [0.5, 0.6) is 0 Å². The van der Waals surface area contributed by atoms with Crippen molar-refractivity contribution in [3.8, 4) is 0 Å². The summed E-state index contributed by atoms with van der Waals surface area (Å²) < 4.78 is 0. The molecule has 76 valence electrons. The fraction of sp³-hybridized carbons (Fsp3) is 0.444. The third-order valence-electron chi connectivity index (χ3n) is 1.86. The van der Waals surface area contributed by atoms with Crippen molar-refractivity contribution in [2.45, 2.75) is 19.4 Å². The number of amides is 1. The van der Waals surface area contributed by atoms with Crippen molar-refractivity contribution in [1.82, 2.24) is 15.5 Å². The molecule has 1 N–H and O–H groups in total. The van der Waals surface area contributed by atoms with Crippen molar-refractivity contribution in [2.75, 3.05) is 5.33 Å². The molecular weight excluding hydrogens is 246 g/mol. The van der Waals surface area contributed by atoms with E-state index in [9.17, 15) is 4.79 Å². The number of aromatic nitrogens is 2. The van der Waals surface area contributed by atoms with Crippen LogP contribution in [-0.4, -0.2) is 27.5 Å². The predicted molar refractivity (Wildman–Crippen MR) is 57.4 cm³/mol. The van der Waals surface area contributed by atoms with Crippen LogP contribution >= 0.6 is 15.9 Å². The lowest BCUT2D eigenvalue weighted by molar-refractivity contribution is 0.0939. The van der Waals surface area contributed by atoms with E-state index in [-0.39, 0.29) is 11.9 Å². The van der Waals surface area contributed by atoms with Gasteiger partial charge in [-0.05, 0) is 12.5 Å². The summed E-state index contributed by atoms with van der Waals surface area (Å²) >= 11 is 3.33. The molecule has 1 aromatic rings. The van der Waals surface area contributed by atoms with E-state index in [1.54, 1.807) is 6.07 Å². The zero-order valence-electron chi connectivity index (χ0n) is 7.90. The van der Waals surface area contributed by atoms with Crippen molar-refractivity contribution in [3.63, 3.8) is 0 Å². The molecule has 0 bridgehead atoms. The van der Waals surface area contributed by atoms with Crippen molar-refractivity contribution in [1.29, 1.82) is 0 Å². The number of carbonyl (C=O) groups excluding carboxylic acids is 1.